The number of hydrogen-bond donors (Lipinski definition) is 3. The maximum Gasteiger partial charge on any atom is 0.404 e. The van der Waals surface area contributed by atoms with Gasteiger partial charge in [-0.2, -0.15) is 0 Å². The van der Waals surface area contributed by atoms with E-state index >= 15 is 0 Å². The summed E-state index contributed by atoms with van der Waals surface area (Å²) in [5.41, 5.74) is -0.0394. The van der Waals surface area contributed by atoms with Gasteiger partial charge in [0, 0.05) is 24.2 Å². The fourth-order valence-corrected chi connectivity index (χ4v) is 2.19. The first-order valence-electron chi connectivity index (χ1n) is 5.21. The highest BCUT2D eigenvalue weighted by Crippen LogP contribution is 2.26. The summed E-state index contributed by atoms with van der Waals surface area (Å²) < 4.78 is 0. The van der Waals surface area contributed by atoms with Crippen LogP contribution in [0.25, 0.3) is 0 Å². The van der Waals surface area contributed by atoms with Gasteiger partial charge in [-0.1, -0.05) is 0 Å². The molecule has 0 spiro atoms. The Morgan fingerprint density at radius 1 is 1.53 bits per heavy atom. The lowest BCUT2D eigenvalue weighted by molar-refractivity contribution is 0.0797. The molecule has 0 aromatic carbocycles. The minimum Gasteiger partial charge on any atom is -0.465 e. The SMILES string of the molecule is CC(C)(C)N1C[C@@H](NC(=O)O)C[C@H]1CO. The highest BCUT2D eigenvalue weighted by Gasteiger charge is 2.38. The number of rotatable bonds is 2. The molecule has 15 heavy (non-hydrogen) atoms. The Hall–Kier alpha value is -0.810. The maximum atomic E-state index is 10.5. The van der Waals surface area contributed by atoms with Crippen LogP contribution in [-0.2, 0) is 0 Å². The molecule has 0 saturated carbocycles. The molecule has 1 heterocycles. The van der Waals surface area contributed by atoms with Crippen LogP contribution in [0, 0.1) is 0 Å². The van der Waals surface area contributed by atoms with Gasteiger partial charge in [0.25, 0.3) is 0 Å². The first kappa shape index (κ1) is 12.3. The monoisotopic (exact) mass is 216 g/mol. The molecular weight excluding hydrogens is 196 g/mol. The number of amides is 1. The van der Waals surface area contributed by atoms with Gasteiger partial charge >= 0.3 is 6.09 Å². The fourth-order valence-electron chi connectivity index (χ4n) is 2.19. The molecule has 3 N–H and O–H groups in total. The van der Waals surface area contributed by atoms with Gasteiger partial charge in [-0.3, -0.25) is 4.90 Å². The summed E-state index contributed by atoms with van der Waals surface area (Å²) in [7, 11) is 0. The molecule has 2 atom stereocenters. The summed E-state index contributed by atoms with van der Waals surface area (Å²) in [6, 6.07) is -0.0132. The van der Waals surface area contributed by atoms with E-state index < -0.39 is 6.09 Å². The van der Waals surface area contributed by atoms with Gasteiger partial charge in [-0.15, -0.1) is 0 Å². The molecule has 0 bridgehead atoms. The van der Waals surface area contributed by atoms with Crippen LogP contribution in [0.3, 0.4) is 0 Å². The van der Waals surface area contributed by atoms with E-state index in [-0.39, 0.29) is 24.2 Å². The zero-order chi connectivity index (χ0) is 11.6. The summed E-state index contributed by atoms with van der Waals surface area (Å²) in [5.74, 6) is 0. The zero-order valence-corrected chi connectivity index (χ0v) is 9.53. The quantitative estimate of drug-likeness (QED) is 0.628. The fraction of sp³-hybridized carbons (Fsp3) is 0.900. The highest BCUT2D eigenvalue weighted by molar-refractivity contribution is 5.64. The predicted molar refractivity (Wildman–Crippen MR) is 56.9 cm³/mol. The van der Waals surface area contributed by atoms with Gasteiger partial charge in [0.1, 0.15) is 0 Å². The normalized spacial score (nSPS) is 28.0. The van der Waals surface area contributed by atoms with Gasteiger partial charge in [0.2, 0.25) is 0 Å². The Kier molecular flexibility index (Phi) is 3.57. The second-order valence-corrected chi connectivity index (χ2v) is 5.04. The average molecular weight is 216 g/mol. The molecule has 0 aromatic rings. The first-order valence-corrected chi connectivity index (χ1v) is 5.21. The van der Waals surface area contributed by atoms with E-state index in [9.17, 15) is 9.90 Å². The van der Waals surface area contributed by atoms with E-state index in [1.165, 1.54) is 0 Å². The molecule has 0 radical (unpaired) electrons. The van der Waals surface area contributed by atoms with Crippen LogP contribution in [-0.4, -0.2) is 52.0 Å². The second-order valence-electron chi connectivity index (χ2n) is 5.04. The Balaban J connectivity index is 2.63. The van der Waals surface area contributed by atoms with Crippen molar-refractivity contribution in [2.24, 2.45) is 0 Å². The van der Waals surface area contributed by atoms with Crippen LogP contribution in [0.1, 0.15) is 27.2 Å². The third-order valence-corrected chi connectivity index (χ3v) is 2.81. The van der Waals surface area contributed by atoms with E-state index in [0.29, 0.717) is 13.0 Å². The number of hydrogen-bond acceptors (Lipinski definition) is 3. The molecule has 5 heteroatoms. The topological polar surface area (TPSA) is 72.8 Å². The lowest BCUT2D eigenvalue weighted by Gasteiger charge is -2.36. The van der Waals surface area contributed by atoms with Crippen molar-refractivity contribution in [1.82, 2.24) is 10.2 Å². The first-order chi connectivity index (χ1) is 6.84. The molecule has 1 rings (SSSR count). The molecule has 5 nitrogen and oxygen atoms in total. The standard InChI is InChI=1S/C10H20N2O3/c1-10(2,3)12-5-7(11-9(14)15)4-8(12)6-13/h7-8,11,13H,4-6H2,1-3H3,(H,14,15)/t7-,8-/m0/s1. The van der Waals surface area contributed by atoms with E-state index in [1.54, 1.807) is 0 Å². The number of carbonyl (C=O) groups is 1. The van der Waals surface area contributed by atoms with Crippen molar-refractivity contribution in [2.45, 2.75) is 44.8 Å². The molecule has 1 amide bonds. The van der Waals surface area contributed by atoms with Crippen molar-refractivity contribution < 1.29 is 15.0 Å². The largest absolute Gasteiger partial charge is 0.465 e. The van der Waals surface area contributed by atoms with Crippen LogP contribution in [0.2, 0.25) is 0 Å². The van der Waals surface area contributed by atoms with Gasteiger partial charge in [-0.05, 0) is 27.2 Å². The average Bonchev–Trinajstić information content (AvgIpc) is 2.45. The molecule has 0 unspecified atom stereocenters. The Bertz CT molecular complexity index is 237. The van der Waals surface area contributed by atoms with Crippen LogP contribution >= 0.6 is 0 Å². The molecule has 1 aliphatic heterocycles. The summed E-state index contributed by atoms with van der Waals surface area (Å²) >= 11 is 0. The number of likely N-dealkylation sites (tertiary alicyclic amines) is 1. The van der Waals surface area contributed by atoms with Crippen LogP contribution in [0.4, 0.5) is 4.79 Å². The Labute approximate surface area is 90.1 Å². The van der Waals surface area contributed by atoms with Gasteiger partial charge in [0.15, 0.2) is 0 Å². The summed E-state index contributed by atoms with van der Waals surface area (Å²) in [4.78, 5) is 12.7. The minimum atomic E-state index is -0.993. The van der Waals surface area contributed by atoms with Crippen molar-refractivity contribution >= 4 is 6.09 Å². The van der Waals surface area contributed by atoms with E-state index in [4.69, 9.17) is 5.11 Å². The molecule has 0 aliphatic carbocycles. The number of carboxylic acid groups (broad SMARTS) is 1. The van der Waals surface area contributed by atoms with Crippen molar-refractivity contribution in [3.05, 3.63) is 0 Å². The summed E-state index contributed by atoms with van der Waals surface area (Å²) in [5, 5.41) is 20.3. The van der Waals surface area contributed by atoms with Crippen molar-refractivity contribution in [2.75, 3.05) is 13.2 Å². The van der Waals surface area contributed by atoms with Gasteiger partial charge in [0.05, 0.1) is 6.61 Å². The smallest absolute Gasteiger partial charge is 0.404 e. The lowest BCUT2D eigenvalue weighted by Crippen LogP contribution is -2.47. The highest BCUT2D eigenvalue weighted by atomic mass is 16.4. The number of nitrogens with zero attached hydrogens (tertiary/aromatic N) is 1. The third-order valence-electron chi connectivity index (χ3n) is 2.81. The molecule has 0 aromatic heterocycles. The molecule has 1 fully saturated rings. The van der Waals surface area contributed by atoms with E-state index in [1.807, 2.05) is 0 Å². The molecular formula is C10H20N2O3. The van der Waals surface area contributed by atoms with Gasteiger partial charge in [-0.25, -0.2) is 4.79 Å². The Morgan fingerprint density at radius 2 is 2.13 bits per heavy atom. The summed E-state index contributed by atoms with van der Waals surface area (Å²) in [6.45, 7) is 6.95. The number of aliphatic hydroxyl groups is 1. The van der Waals surface area contributed by atoms with Crippen LogP contribution < -0.4 is 5.32 Å². The summed E-state index contributed by atoms with van der Waals surface area (Å²) in [6.07, 6.45) is -0.312. The third kappa shape index (κ3) is 3.07. The van der Waals surface area contributed by atoms with E-state index in [2.05, 4.69) is 31.0 Å². The van der Waals surface area contributed by atoms with Crippen molar-refractivity contribution in [3.63, 3.8) is 0 Å². The van der Waals surface area contributed by atoms with Crippen molar-refractivity contribution in [1.29, 1.82) is 0 Å². The Morgan fingerprint density at radius 3 is 2.47 bits per heavy atom. The van der Waals surface area contributed by atoms with Gasteiger partial charge < -0.3 is 15.5 Å². The number of nitrogens with one attached hydrogen (secondary N) is 1. The van der Waals surface area contributed by atoms with Crippen molar-refractivity contribution in [3.8, 4) is 0 Å². The van der Waals surface area contributed by atoms with Crippen LogP contribution in [0.15, 0.2) is 0 Å². The second kappa shape index (κ2) is 4.37. The predicted octanol–water partition coefficient (Wildman–Crippen LogP) is 0.488. The van der Waals surface area contributed by atoms with E-state index in [0.717, 1.165) is 0 Å². The minimum absolute atomic E-state index is 0.0394. The lowest BCUT2D eigenvalue weighted by atomic mass is 10.1. The zero-order valence-electron chi connectivity index (χ0n) is 9.53. The molecule has 1 aliphatic rings. The number of aliphatic hydroxyl groups excluding tert-OH is 1. The molecule has 88 valence electrons. The maximum absolute atomic E-state index is 10.5. The van der Waals surface area contributed by atoms with Crippen LogP contribution in [0.5, 0.6) is 0 Å². The molecule has 1 saturated heterocycles.